The quantitative estimate of drug-likeness (QED) is 0.171. The van der Waals surface area contributed by atoms with Gasteiger partial charge in [0.2, 0.25) is 0 Å². The van der Waals surface area contributed by atoms with Crippen LogP contribution >= 0.6 is 0 Å². The Morgan fingerprint density at radius 1 is 0.625 bits per heavy atom. The molecule has 0 fully saturated rings. The molecule has 0 aromatic heterocycles. The Kier molecular flexibility index (Phi) is 7.65. The van der Waals surface area contributed by atoms with Crippen LogP contribution in [0.1, 0.15) is 95.3 Å². The fraction of sp³-hybridized carbons (Fsp3) is 0.206. The first-order chi connectivity index (χ1) is 19.0. The van der Waals surface area contributed by atoms with Crippen molar-refractivity contribution in [3.05, 3.63) is 122 Å². The van der Waals surface area contributed by atoms with Gasteiger partial charge < -0.3 is 15.3 Å². The van der Waals surface area contributed by atoms with E-state index >= 15 is 0 Å². The largest absolute Gasteiger partial charge is 0.507 e. The average molecular weight is 537 g/mol. The van der Waals surface area contributed by atoms with Gasteiger partial charge in [-0.15, -0.1) is 0 Å². The van der Waals surface area contributed by atoms with E-state index in [1.165, 1.54) is 0 Å². The number of aromatic hydroxyl groups is 3. The maximum atomic E-state index is 11.8. The standard InChI is InChI=1S/C34H32O6/c1-19-10-24(16-35)31(38)28(13-19)22(4)23-6-8-27(9-7-23)34(5,29-14-20(2)11-25(17-36)32(29)39)30-15-21(3)12-26(18-37)33(30)40/h6-18,22,38-40H,1-5H3. The van der Waals surface area contributed by atoms with Crippen LogP contribution in [0.25, 0.3) is 0 Å². The second kappa shape index (κ2) is 10.8. The lowest BCUT2D eigenvalue weighted by Crippen LogP contribution is -2.27. The molecule has 0 heterocycles. The molecule has 0 bridgehead atoms. The van der Waals surface area contributed by atoms with Crippen LogP contribution in [0, 0.1) is 20.8 Å². The Morgan fingerprint density at radius 2 is 1.02 bits per heavy atom. The molecule has 1 atom stereocenters. The van der Waals surface area contributed by atoms with E-state index in [1.54, 1.807) is 30.3 Å². The fourth-order valence-corrected chi connectivity index (χ4v) is 5.55. The Labute approximate surface area is 233 Å². The number of benzene rings is 4. The van der Waals surface area contributed by atoms with Crippen molar-refractivity contribution in [3.63, 3.8) is 0 Å². The Morgan fingerprint density at radius 3 is 1.45 bits per heavy atom. The summed E-state index contributed by atoms with van der Waals surface area (Å²) in [5.41, 5.74) is 4.64. The van der Waals surface area contributed by atoms with Gasteiger partial charge in [0.15, 0.2) is 18.9 Å². The summed E-state index contributed by atoms with van der Waals surface area (Å²) in [5, 5.41) is 33.1. The second-order valence-corrected chi connectivity index (χ2v) is 10.6. The van der Waals surface area contributed by atoms with E-state index in [9.17, 15) is 29.7 Å². The van der Waals surface area contributed by atoms with E-state index < -0.39 is 5.41 Å². The molecule has 6 nitrogen and oxygen atoms in total. The molecule has 0 aliphatic heterocycles. The Hall–Kier alpha value is -4.71. The number of aryl methyl sites for hydroxylation is 3. The van der Waals surface area contributed by atoms with E-state index in [2.05, 4.69) is 0 Å². The zero-order chi connectivity index (χ0) is 29.4. The number of aldehydes is 3. The molecule has 0 radical (unpaired) electrons. The number of rotatable bonds is 8. The number of phenols is 3. The number of carbonyl (C=O) groups excluding carboxylic acids is 3. The van der Waals surface area contributed by atoms with Gasteiger partial charge >= 0.3 is 0 Å². The summed E-state index contributed by atoms with van der Waals surface area (Å²) < 4.78 is 0. The predicted molar refractivity (Wildman–Crippen MR) is 154 cm³/mol. The van der Waals surface area contributed by atoms with Gasteiger partial charge in [0, 0.05) is 28.0 Å². The highest BCUT2D eigenvalue weighted by atomic mass is 16.3. The third-order valence-corrected chi connectivity index (χ3v) is 7.79. The lowest BCUT2D eigenvalue weighted by Gasteiger charge is -2.34. The van der Waals surface area contributed by atoms with Crippen LogP contribution in [-0.4, -0.2) is 34.2 Å². The Bertz CT molecular complexity index is 1570. The van der Waals surface area contributed by atoms with Crippen LogP contribution in [0.2, 0.25) is 0 Å². The molecule has 0 saturated carbocycles. The maximum Gasteiger partial charge on any atom is 0.153 e. The van der Waals surface area contributed by atoms with Gasteiger partial charge in [0.05, 0.1) is 16.7 Å². The molecule has 1 unspecified atom stereocenters. The molecule has 0 amide bonds. The molecule has 0 aliphatic rings. The maximum absolute atomic E-state index is 11.8. The van der Waals surface area contributed by atoms with E-state index in [4.69, 9.17) is 0 Å². The fourth-order valence-electron chi connectivity index (χ4n) is 5.55. The number of hydrogen-bond acceptors (Lipinski definition) is 6. The van der Waals surface area contributed by atoms with Crippen molar-refractivity contribution >= 4 is 18.9 Å². The molecule has 4 rings (SSSR count). The van der Waals surface area contributed by atoms with Gasteiger partial charge in [-0.3, -0.25) is 14.4 Å². The minimum Gasteiger partial charge on any atom is -0.507 e. The first-order valence-corrected chi connectivity index (χ1v) is 12.9. The van der Waals surface area contributed by atoms with Crippen molar-refractivity contribution in [1.82, 2.24) is 0 Å². The number of carbonyl (C=O) groups is 3. The minimum absolute atomic E-state index is 0.0563. The van der Waals surface area contributed by atoms with Gasteiger partial charge in [0.25, 0.3) is 0 Å². The van der Waals surface area contributed by atoms with E-state index in [0.717, 1.165) is 22.3 Å². The summed E-state index contributed by atoms with van der Waals surface area (Å²) >= 11 is 0. The molecular formula is C34H32O6. The lowest BCUT2D eigenvalue weighted by atomic mass is 9.68. The predicted octanol–water partition coefficient (Wildman–Crippen LogP) is 6.67. The third kappa shape index (κ3) is 4.77. The summed E-state index contributed by atoms with van der Waals surface area (Å²) in [6, 6.07) is 17.7. The smallest absolute Gasteiger partial charge is 0.153 e. The van der Waals surface area contributed by atoms with Crippen molar-refractivity contribution in [1.29, 1.82) is 0 Å². The second-order valence-electron chi connectivity index (χ2n) is 10.6. The molecule has 4 aromatic carbocycles. The highest BCUT2D eigenvalue weighted by Gasteiger charge is 2.38. The van der Waals surface area contributed by atoms with Gasteiger partial charge in [-0.25, -0.2) is 0 Å². The van der Waals surface area contributed by atoms with Gasteiger partial charge in [-0.05, 0) is 73.7 Å². The molecule has 0 aliphatic carbocycles. The van der Waals surface area contributed by atoms with Crippen LogP contribution in [0.15, 0.2) is 60.7 Å². The van der Waals surface area contributed by atoms with E-state index in [1.807, 2.05) is 65.0 Å². The molecule has 4 aromatic rings. The van der Waals surface area contributed by atoms with Crippen molar-refractivity contribution in [2.75, 3.05) is 0 Å². The SMILES string of the molecule is Cc1cc(C=O)c(O)c(C(C)c2ccc(C(C)(c3cc(C)cc(C=O)c3O)c3cc(C)cc(C=O)c3O)cc2)c1. The summed E-state index contributed by atoms with van der Waals surface area (Å²) in [4.78, 5) is 35.1. The van der Waals surface area contributed by atoms with Gasteiger partial charge in [-0.2, -0.15) is 0 Å². The summed E-state index contributed by atoms with van der Waals surface area (Å²) in [6.07, 6.45) is 1.81. The molecule has 0 saturated heterocycles. The molecule has 40 heavy (non-hydrogen) atoms. The van der Waals surface area contributed by atoms with Crippen LogP contribution in [-0.2, 0) is 5.41 Å². The molecule has 3 N–H and O–H groups in total. The van der Waals surface area contributed by atoms with Crippen molar-refractivity contribution in [3.8, 4) is 17.2 Å². The third-order valence-electron chi connectivity index (χ3n) is 7.79. The van der Waals surface area contributed by atoms with Crippen molar-refractivity contribution in [2.45, 2.75) is 46.0 Å². The van der Waals surface area contributed by atoms with Crippen molar-refractivity contribution < 1.29 is 29.7 Å². The minimum atomic E-state index is -1.17. The molecule has 204 valence electrons. The zero-order valence-corrected chi connectivity index (χ0v) is 23.1. The first kappa shape index (κ1) is 28.3. The first-order valence-electron chi connectivity index (χ1n) is 12.9. The normalized spacial score (nSPS) is 12.1. The lowest BCUT2D eigenvalue weighted by molar-refractivity contribution is 0.111. The Balaban J connectivity index is 1.96. The average Bonchev–Trinajstić information content (AvgIpc) is 2.95. The zero-order valence-electron chi connectivity index (χ0n) is 23.1. The summed E-state index contributed by atoms with van der Waals surface area (Å²) in [5.74, 6) is -0.721. The molecular weight excluding hydrogens is 504 g/mol. The number of hydrogen-bond donors (Lipinski definition) is 3. The molecule has 6 heteroatoms. The van der Waals surface area contributed by atoms with Crippen LogP contribution < -0.4 is 0 Å². The molecule has 0 spiro atoms. The van der Waals surface area contributed by atoms with Gasteiger partial charge in [-0.1, -0.05) is 49.4 Å². The number of phenolic OH excluding ortho intramolecular Hbond substituents is 3. The topological polar surface area (TPSA) is 112 Å². The van der Waals surface area contributed by atoms with Crippen LogP contribution in [0.4, 0.5) is 0 Å². The highest BCUT2D eigenvalue weighted by molar-refractivity contribution is 5.84. The van der Waals surface area contributed by atoms with E-state index in [0.29, 0.717) is 41.1 Å². The van der Waals surface area contributed by atoms with E-state index in [-0.39, 0.29) is 39.9 Å². The van der Waals surface area contributed by atoms with Gasteiger partial charge in [0.1, 0.15) is 17.2 Å². The van der Waals surface area contributed by atoms with Crippen LogP contribution in [0.3, 0.4) is 0 Å². The summed E-state index contributed by atoms with van der Waals surface area (Å²) in [6.45, 7) is 9.26. The van der Waals surface area contributed by atoms with Crippen LogP contribution in [0.5, 0.6) is 17.2 Å². The highest BCUT2D eigenvalue weighted by Crippen LogP contribution is 2.48. The van der Waals surface area contributed by atoms with Crippen molar-refractivity contribution in [2.24, 2.45) is 0 Å². The monoisotopic (exact) mass is 536 g/mol. The summed E-state index contributed by atoms with van der Waals surface area (Å²) in [7, 11) is 0.